The maximum Gasteiger partial charge on any atom is 0.336 e. The van der Waals surface area contributed by atoms with Crippen molar-refractivity contribution in [2.45, 2.75) is 19.8 Å². The number of nitrogens with zero attached hydrogens (tertiary/aromatic N) is 1. The highest BCUT2D eigenvalue weighted by Crippen LogP contribution is 2.30. The van der Waals surface area contributed by atoms with Crippen LogP contribution < -0.4 is 5.32 Å². The molecule has 110 valence electrons. The molecule has 0 unspecified atom stereocenters. The summed E-state index contributed by atoms with van der Waals surface area (Å²) in [5, 5.41) is 11.8. The van der Waals surface area contributed by atoms with E-state index in [-0.39, 0.29) is 18.1 Å². The van der Waals surface area contributed by atoms with Gasteiger partial charge in [0.2, 0.25) is 0 Å². The Morgan fingerprint density at radius 1 is 1.48 bits per heavy atom. The molecule has 0 saturated heterocycles. The Balaban J connectivity index is 2.12. The fourth-order valence-electron chi connectivity index (χ4n) is 2.14. The van der Waals surface area contributed by atoms with Gasteiger partial charge in [-0.05, 0) is 43.4 Å². The Hall–Kier alpha value is -2.48. The summed E-state index contributed by atoms with van der Waals surface area (Å²) in [7, 11) is 0. The normalized spacial score (nSPS) is 13.3. The number of carboxylic acid groups (broad SMARTS) is 1. The minimum atomic E-state index is -1.01. The van der Waals surface area contributed by atoms with Gasteiger partial charge in [-0.25, -0.2) is 9.59 Å². The first kappa shape index (κ1) is 14.9. The van der Waals surface area contributed by atoms with Crippen LogP contribution in [-0.4, -0.2) is 35.1 Å². The van der Waals surface area contributed by atoms with Crippen molar-refractivity contribution in [1.29, 1.82) is 0 Å². The minimum Gasteiger partial charge on any atom is -0.478 e. The molecule has 1 saturated carbocycles. The van der Waals surface area contributed by atoms with Crippen LogP contribution in [0, 0.1) is 25.2 Å². The Morgan fingerprint density at radius 2 is 2.19 bits per heavy atom. The third kappa shape index (κ3) is 3.76. The zero-order chi connectivity index (χ0) is 15.4. The quantitative estimate of drug-likeness (QED) is 0.817. The lowest BCUT2D eigenvalue weighted by molar-refractivity contribution is 0.0696. The van der Waals surface area contributed by atoms with Crippen LogP contribution in [0.3, 0.4) is 0 Å². The van der Waals surface area contributed by atoms with Crippen molar-refractivity contribution in [2.75, 3.05) is 18.4 Å². The number of carbonyl (C=O) groups excluding carboxylic acids is 1. The molecule has 5 nitrogen and oxygen atoms in total. The highest BCUT2D eigenvalue weighted by atomic mass is 16.4. The highest BCUT2D eigenvalue weighted by molar-refractivity contribution is 5.95. The van der Waals surface area contributed by atoms with Crippen LogP contribution in [0.1, 0.15) is 28.8 Å². The van der Waals surface area contributed by atoms with Gasteiger partial charge in [-0.2, -0.15) is 0 Å². The summed E-state index contributed by atoms with van der Waals surface area (Å²) >= 11 is 0. The van der Waals surface area contributed by atoms with Crippen LogP contribution in [0.5, 0.6) is 0 Å². The summed E-state index contributed by atoms with van der Waals surface area (Å²) in [5.41, 5.74) is 1.21. The van der Waals surface area contributed by atoms with E-state index in [0.717, 1.165) is 12.8 Å². The molecule has 1 aromatic rings. The second-order valence-corrected chi connectivity index (χ2v) is 5.24. The van der Waals surface area contributed by atoms with Crippen LogP contribution in [0.2, 0.25) is 0 Å². The summed E-state index contributed by atoms with van der Waals surface area (Å²) in [5.74, 6) is 2.01. The van der Waals surface area contributed by atoms with Crippen molar-refractivity contribution in [3.8, 4) is 12.3 Å². The molecule has 0 bridgehead atoms. The fraction of sp³-hybridized carbons (Fsp3) is 0.375. The lowest BCUT2D eigenvalue weighted by Gasteiger charge is -2.21. The molecule has 1 aliphatic rings. The van der Waals surface area contributed by atoms with Crippen LogP contribution in [0.15, 0.2) is 18.2 Å². The SMILES string of the molecule is C#CCN(CC1CC1)C(=O)Nc1cccc(C(=O)O)c1C. The molecule has 2 amide bonds. The van der Waals surface area contributed by atoms with Gasteiger partial charge in [0.15, 0.2) is 0 Å². The summed E-state index contributed by atoms with van der Waals surface area (Å²) < 4.78 is 0. The van der Waals surface area contributed by atoms with Gasteiger partial charge in [0, 0.05) is 12.2 Å². The zero-order valence-electron chi connectivity index (χ0n) is 11.9. The average Bonchev–Trinajstić information content (AvgIpc) is 3.24. The Kier molecular flexibility index (Phi) is 4.49. The molecule has 5 heteroatoms. The lowest BCUT2D eigenvalue weighted by Crippen LogP contribution is -2.37. The topological polar surface area (TPSA) is 69.6 Å². The van der Waals surface area contributed by atoms with Crippen molar-refractivity contribution < 1.29 is 14.7 Å². The van der Waals surface area contributed by atoms with E-state index in [4.69, 9.17) is 11.5 Å². The van der Waals surface area contributed by atoms with Gasteiger partial charge >= 0.3 is 12.0 Å². The van der Waals surface area contributed by atoms with E-state index in [0.29, 0.717) is 23.7 Å². The van der Waals surface area contributed by atoms with Crippen molar-refractivity contribution in [1.82, 2.24) is 4.90 Å². The molecule has 0 heterocycles. The first-order chi connectivity index (χ1) is 10.0. The van der Waals surface area contributed by atoms with Crippen molar-refractivity contribution in [3.63, 3.8) is 0 Å². The smallest absolute Gasteiger partial charge is 0.336 e. The minimum absolute atomic E-state index is 0.179. The predicted octanol–water partition coefficient (Wildman–Crippen LogP) is 2.57. The average molecular weight is 286 g/mol. The second-order valence-electron chi connectivity index (χ2n) is 5.24. The van der Waals surface area contributed by atoms with Gasteiger partial charge in [-0.3, -0.25) is 0 Å². The molecule has 1 fully saturated rings. The molecular weight excluding hydrogens is 268 g/mol. The van der Waals surface area contributed by atoms with Crippen molar-refractivity contribution in [3.05, 3.63) is 29.3 Å². The molecule has 2 rings (SSSR count). The maximum absolute atomic E-state index is 12.3. The lowest BCUT2D eigenvalue weighted by atomic mass is 10.1. The first-order valence-electron chi connectivity index (χ1n) is 6.85. The number of anilines is 1. The third-order valence-electron chi connectivity index (χ3n) is 3.55. The van der Waals surface area contributed by atoms with E-state index in [9.17, 15) is 9.59 Å². The standard InChI is InChI=1S/C16H18N2O3/c1-3-9-18(10-12-7-8-12)16(21)17-14-6-4-5-13(11(14)2)15(19)20/h1,4-6,12H,7-10H2,2H3,(H,17,21)(H,19,20). The highest BCUT2D eigenvalue weighted by Gasteiger charge is 2.26. The predicted molar refractivity (Wildman–Crippen MR) is 80.3 cm³/mol. The van der Waals surface area contributed by atoms with Gasteiger partial charge in [-0.15, -0.1) is 6.42 Å². The summed E-state index contributed by atoms with van der Waals surface area (Å²) in [6, 6.07) is 4.52. The molecule has 21 heavy (non-hydrogen) atoms. The molecule has 0 aliphatic heterocycles. The van der Waals surface area contributed by atoms with Gasteiger partial charge < -0.3 is 15.3 Å². The van der Waals surface area contributed by atoms with E-state index in [1.54, 1.807) is 24.0 Å². The van der Waals surface area contributed by atoms with Gasteiger partial charge in [0.05, 0.1) is 12.1 Å². The summed E-state index contributed by atoms with van der Waals surface area (Å²) in [4.78, 5) is 25.0. The number of benzene rings is 1. The van der Waals surface area contributed by atoms with Crippen molar-refractivity contribution in [2.24, 2.45) is 5.92 Å². The molecule has 0 spiro atoms. The Labute approximate surface area is 124 Å². The molecule has 0 aromatic heterocycles. The van der Waals surface area contributed by atoms with E-state index in [2.05, 4.69) is 11.2 Å². The third-order valence-corrected chi connectivity index (χ3v) is 3.55. The number of aromatic carboxylic acids is 1. The molecule has 1 aliphatic carbocycles. The van der Waals surface area contributed by atoms with E-state index < -0.39 is 5.97 Å². The number of carbonyl (C=O) groups is 2. The van der Waals surface area contributed by atoms with Crippen LogP contribution in [-0.2, 0) is 0 Å². The van der Waals surface area contributed by atoms with Crippen LogP contribution in [0.25, 0.3) is 0 Å². The van der Waals surface area contributed by atoms with E-state index in [1.165, 1.54) is 6.07 Å². The molecule has 0 radical (unpaired) electrons. The second kappa shape index (κ2) is 6.31. The fourth-order valence-corrected chi connectivity index (χ4v) is 2.14. The van der Waals surface area contributed by atoms with Crippen LogP contribution in [0.4, 0.5) is 10.5 Å². The zero-order valence-corrected chi connectivity index (χ0v) is 11.9. The van der Waals surface area contributed by atoms with Crippen LogP contribution >= 0.6 is 0 Å². The summed E-state index contributed by atoms with van der Waals surface area (Å²) in [6.45, 7) is 2.57. The Morgan fingerprint density at radius 3 is 2.76 bits per heavy atom. The number of nitrogens with one attached hydrogen (secondary N) is 1. The largest absolute Gasteiger partial charge is 0.478 e. The number of urea groups is 1. The van der Waals surface area contributed by atoms with E-state index in [1.807, 2.05) is 0 Å². The van der Waals surface area contributed by atoms with Gasteiger partial charge in [-0.1, -0.05) is 12.0 Å². The van der Waals surface area contributed by atoms with Gasteiger partial charge in [0.25, 0.3) is 0 Å². The molecule has 0 atom stereocenters. The first-order valence-corrected chi connectivity index (χ1v) is 6.85. The van der Waals surface area contributed by atoms with Gasteiger partial charge in [0.1, 0.15) is 0 Å². The maximum atomic E-state index is 12.3. The number of hydrogen-bond acceptors (Lipinski definition) is 2. The van der Waals surface area contributed by atoms with E-state index >= 15 is 0 Å². The number of amides is 2. The molecule has 2 N–H and O–H groups in total. The summed E-state index contributed by atoms with van der Waals surface area (Å²) in [6.07, 6.45) is 7.55. The number of rotatable bonds is 5. The number of hydrogen-bond donors (Lipinski definition) is 2. The van der Waals surface area contributed by atoms with Crippen molar-refractivity contribution >= 4 is 17.7 Å². The number of terminal acetylenes is 1. The number of carboxylic acids is 1. The monoisotopic (exact) mass is 286 g/mol. The molecule has 1 aromatic carbocycles. The Bertz CT molecular complexity index is 600. The molecular formula is C16H18N2O3.